The van der Waals surface area contributed by atoms with Gasteiger partial charge in [-0.1, -0.05) is 54.6 Å². The molecular weight excluding hydrogens is 372 g/mol. The first-order chi connectivity index (χ1) is 14.5. The van der Waals surface area contributed by atoms with E-state index >= 15 is 0 Å². The maximum atomic E-state index is 10.3. The van der Waals surface area contributed by atoms with Crippen molar-refractivity contribution in [2.24, 2.45) is 5.73 Å². The lowest BCUT2D eigenvalue weighted by Crippen LogP contribution is -2.35. The number of phenols is 2. The van der Waals surface area contributed by atoms with Crippen molar-refractivity contribution < 1.29 is 10.2 Å². The summed E-state index contributed by atoms with van der Waals surface area (Å²) in [4.78, 5) is 2.39. The van der Waals surface area contributed by atoms with Crippen LogP contribution >= 0.6 is 0 Å². The van der Waals surface area contributed by atoms with Crippen LogP contribution in [0.4, 0.5) is 0 Å². The van der Waals surface area contributed by atoms with Crippen molar-refractivity contribution in [3.63, 3.8) is 0 Å². The Hall–Kier alpha value is -2.82. The second-order valence-corrected chi connectivity index (χ2v) is 8.46. The molecule has 4 nitrogen and oxygen atoms in total. The highest BCUT2D eigenvalue weighted by Crippen LogP contribution is 2.49. The van der Waals surface area contributed by atoms with Crippen molar-refractivity contribution in [1.82, 2.24) is 4.90 Å². The van der Waals surface area contributed by atoms with E-state index in [9.17, 15) is 10.2 Å². The summed E-state index contributed by atoms with van der Waals surface area (Å²) in [5.74, 6) is -0.0217. The zero-order chi connectivity index (χ0) is 21.3. The number of likely N-dealkylation sites (N-methyl/N-ethyl adjacent to an activating group) is 1. The van der Waals surface area contributed by atoms with Gasteiger partial charge in [0.1, 0.15) is 0 Å². The molecule has 1 aliphatic heterocycles. The molecule has 0 saturated carbocycles. The first-order valence-electron chi connectivity index (χ1n) is 10.6. The largest absolute Gasteiger partial charge is 0.504 e. The van der Waals surface area contributed by atoms with Gasteiger partial charge in [0.05, 0.1) is 0 Å². The summed E-state index contributed by atoms with van der Waals surface area (Å²) in [5.41, 5.74) is 12.6. The second-order valence-electron chi connectivity index (χ2n) is 8.46. The van der Waals surface area contributed by atoms with Crippen LogP contribution in [-0.2, 0) is 19.3 Å². The first-order valence-corrected chi connectivity index (χ1v) is 10.6. The van der Waals surface area contributed by atoms with Gasteiger partial charge in [0.15, 0.2) is 11.5 Å². The van der Waals surface area contributed by atoms with E-state index in [0.29, 0.717) is 6.04 Å². The molecule has 0 saturated heterocycles. The molecular formula is C26H30N2O2. The summed E-state index contributed by atoms with van der Waals surface area (Å²) in [6.45, 7) is 3.09. The normalized spacial score (nSPS) is 17.9. The van der Waals surface area contributed by atoms with E-state index < -0.39 is 0 Å². The zero-order valence-electron chi connectivity index (χ0n) is 17.7. The fraction of sp³-hybridized carbons (Fsp3) is 0.308. The molecule has 0 radical (unpaired) electrons. The molecule has 3 aromatic rings. The van der Waals surface area contributed by atoms with Crippen LogP contribution < -0.4 is 5.73 Å². The molecule has 4 N–H and O–H groups in total. The number of benzene rings is 3. The number of nitrogens with two attached hydrogens (primary N) is 1. The smallest absolute Gasteiger partial charge is 0.165 e. The minimum atomic E-state index is -0.0380. The summed E-state index contributed by atoms with van der Waals surface area (Å²) < 4.78 is 0. The third kappa shape index (κ3) is 3.93. The Kier molecular flexibility index (Phi) is 5.80. The standard InChI is InChI=1S/C17H17NO2.C9H13N/c1-18-8-7-10-3-2-4-12-15(10)13(18)9-11-5-6-14(19)17(20)16(11)12;1-8(10)7-9-5-3-2-4-6-9/h2-6,13,19-20H,7-9H2,1H3;2-6,8H,7,10H2,1H3/t13-;/m1./s1. The quantitative estimate of drug-likeness (QED) is 0.555. The number of hydrogen-bond acceptors (Lipinski definition) is 4. The molecule has 0 bridgehead atoms. The lowest BCUT2D eigenvalue weighted by Gasteiger charge is -2.39. The van der Waals surface area contributed by atoms with Gasteiger partial charge in [-0.25, -0.2) is 0 Å². The molecule has 0 spiro atoms. The van der Waals surface area contributed by atoms with Gasteiger partial charge in [0, 0.05) is 24.2 Å². The van der Waals surface area contributed by atoms with E-state index in [2.05, 4.69) is 42.3 Å². The van der Waals surface area contributed by atoms with E-state index in [1.165, 1.54) is 16.7 Å². The summed E-state index contributed by atoms with van der Waals surface area (Å²) in [6.07, 6.45) is 2.91. The first kappa shape index (κ1) is 20.5. The highest BCUT2D eigenvalue weighted by atomic mass is 16.3. The predicted molar refractivity (Wildman–Crippen MR) is 122 cm³/mol. The Balaban J connectivity index is 0.000000185. The van der Waals surface area contributed by atoms with Gasteiger partial charge in [-0.2, -0.15) is 0 Å². The molecule has 1 heterocycles. The average Bonchev–Trinajstić information content (AvgIpc) is 2.74. The molecule has 156 valence electrons. The van der Waals surface area contributed by atoms with Crippen molar-refractivity contribution in [2.75, 3.05) is 13.6 Å². The monoisotopic (exact) mass is 402 g/mol. The number of hydrogen-bond donors (Lipinski definition) is 3. The molecule has 30 heavy (non-hydrogen) atoms. The van der Waals surface area contributed by atoms with Gasteiger partial charge >= 0.3 is 0 Å². The Labute approximate surface area is 178 Å². The molecule has 0 fully saturated rings. The van der Waals surface area contributed by atoms with Crippen molar-refractivity contribution >= 4 is 0 Å². The zero-order valence-corrected chi connectivity index (χ0v) is 17.7. The Morgan fingerprint density at radius 3 is 2.50 bits per heavy atom. The van der Waals surface area contributed by atoms with Crippen LogP contribution in [0.1, 0.15) is 35.2 Å². The third-order valence-electron chi connectivity index (χ3n) is 6.12. The Bertz CT molecular complexity index is 1030. The summed E-state index contributed by atoms with van der Waals surface area (Å²) in [5, 5.41) is 20.1. The minimum absolute atomic E-state index is 0.0163. The molecule has 4 heteroatoms. The number of aromatic hydroxyl groups is 2. The maximum Gasteiger partial charge on any atom is 0.165 e. The fourth-order valence-corrected chi connectivity index (χ4v) is 4.66. The van der Waals surface area contributed by atoms with E-state index in [1.807, 2.05) is 31.2 Å². The molecule has 3 aromatic carbocycles. The fourth-order valence-electron chi connectivity index (χ4n) is 4.66. The Morgan fingerprint density at radius 1 is 1.00 bits per heavy atom. The van der Waals surface area contributed by atoms with Crippen LogP contribution in [0.3, 0.4) is 0 Å². The second kappa shape index (κ2) is 8.50. The van der Waals surface area contributed by atoms with Gasteiger partial charge in [-0.3, -0.25) is 4.90 Å². The number of phenolic OH excluding ortho intramolecular Hbond substituents is 2. The molecule has 1 unspecified atom stereocenters. The minimum Gasteiger partial charge on any atom is -0.504 e. The van der Waals surface area contributed by atoms with Gasteiger partial charge in [-0.15, -0.1) is 0 Å². The van der Waals surface area contributed by atoms with Crippen LogP contribution in [0.5, 0.6) is 11.5 Å². The lowest BCUT2D eigenvalue weighted by atomic mass is 9.77. The number of nitrogens with zero attached hydrogens (tertiary/aromatic N) is 1. The molecule has 0 amide bonds. The van der Waals surface area contributed by atoms with E-state index in [1.54, 1.807) is 6.07 Å². The van der Waals surface area contributed by atoms with Crippen LogP contribution in [0.2, 0.25) is 0 Å². The average molecular weight is 403 g/mol. The van der Waals surface area contributed by atoms with Gasteiger partial charge in [0.25, 0.3) is 0 Å². The predicted octanol–water partition coefficient (Wildman–Crippen LogP) is 4.43. The molecule has 0 aromatic heterocycles. The van der Waals surface area contributed by atoms with Crippen LogP contribution in [0, 0.1) is 0 Å². The van der Waals surface area contributed by atoms with Gasteiger partial charge < -0.3 is 15.9 Å². The van der Waals surface area contributed by atoms with Crippen LogP contribution in [-0.4, -0.2) is 34.7 Å². The van der Waals surface area contributed by atoms with Crippen molar-refractivity contribution in [3.05, 3.63) is 82.9 Å². The number of rotatable bonds is 2. The third-order valence-corrected chi connectivity index (χ3v) is 6.12. The summed E-state index contributed by atoms with van der Waals surface area (Å²) in [7, 11) is 2.16. The maximum absolute atomic E-state index is 10.3. The summed E-state index contributed by atoms with van der Waals surface area (Å²) >= 11 is 0. The molecule has 2 aliphatic rings. The highest BCUT2D eigenvalue weighted by Gasteiger charge is 2.34. The van der Waals surface area contributed by atoms with Crippen molar-refractivity contribution in [1.29, 1.82) is 0 Å². The van der Waals surface area contributed by atoms with Crippen molar-refractivity contribution in [2.45, 2.75) is 38.3 Å². The van der Waals surface area contributed by atoms with E-state index in [4.69, 9.17) is 5.73 Å². The van der Waals surface area contributed by atoms with E-state index in [-0.39, 0.29) is 17.5 Å². The molecule has 2 atom stereocenters. The lowest BCUT2D eigenvalue weighted by molar-refractivity contribution is 0.228. The van der Waals surface area contributed by atoms with Crippen molar-refractivity contribution in [3.8, 4) is 22.6 Å². The highest BCUT2D eigenvalue weighted by molar-refractivity contribution is 5.82. The molecule has 1 aliphatic carbocycles. The SMILES string of the molecule is CC(N)Cc1ccccc1.CN1CCc2cccc3c2[C@H]1Cc1ccc(O)c(O)c1-3. The van der Waals surface area contributed by atoms with Gasteiger partial charge in [0.2, 0.25) is 0 Å². The topological polar surface area (TPSA) is 69.7 Å². The summed E-state index contributed by atoms with van der Waals surface area (Å²) in [6, 6.07) is 20.8. The van der Waals surface area contributed by atoms with Gasteiger partial charge in [-0.05, 0) is 67.1 Å². The van der Waals surface area contributed by atoms with Crippen LogP contribution in [0.15, 0.2) is 60.7 Å². The Morgan fingerprint density at radius 2 is 1.77 bits per heavy atom. The number of fused-ring (bicyclic) bond motifs is 2. The molecule has 5 rings (SSSR count). The van der Waals surface area contributed by atoms with E-state index in [0.717, 1.165) is 42.5 Å². The van der Waals surface area contributed by atoms with Crippen LogP contribution in [0.25, 0.3) is 11.1 Å².